The summed E-state index contributed by atoms with van der Waals surface area (Å²) in [5.41, 5.74) is 3.05. The highest BCUT2D eigenvalue weighted by molar-refractivity contribution is 7.99. The first-order chi connectivity index (χ1) is 13.9. The van der Waals surface area contributed by atoms with Crippen LogP contribution in [0.3, 0.4) is 0 Å². The molecule has 0 radical (unpaired) electrons. The van der Waals surface area contributed by atoms with Gasteiger partial charge in [-0.05, 0) is 57.0 Å². The molecule has 0 N–H and O–H groups in total. The minimum absolute atomic E-state index is 0.0115. The Morgan fingerprint density at radius 1 is 1.14 bits per heavy atom. The predicted octanol–water partition coefficient (Wildman–Crippen LogP) is 4.80. The third kappa shape index (κ3) is 5.60. The maximum absolute atomic E-state index is 12.7. The molecule has 1 amide bonds. The van der Waals surface area contributed by atoms with Crippen molar-refractivity contribution < 1.29 is 13.9 Å². The number of aryl methyl sites for hydroxylation is 2. The maximum Gasteiger partial charge on any atom is 0.277 e. The lowest BCUT2D eigenvalue weighted by molar-refractivity contribution is -0.116. The van der Waals surface area contributed by atoms with Crippen LogP contribution in [0.25, 0.3) is 0 Å². The average molecular weight is 412 g/mol. The Morgan fingerprint density at radius 3 is 2.62 bits per heavy atom. The normalized spacial score (nSPS) is 10.9. The van der Waals surface area contributed by atoms with Crippen LogP contribution < -0.4 is 9.64 Å². The summed E-state index contributed by atoms with van der Waals surface area (Å²) in [7, 11) is 0. The number of anilines is 1. The first kappa shape index (κ1) is 20.9. The zero-order valence-corrected chi connectivity index (χ0v) is 17.9. The first-order valence-corrected chi connectivity index (χ1v) is 10.4. The Kier molecular flexibility index (Phi) is 6.93. The van der Waals surface area contributed by atoms with Gasteiger partial charge in [0, 0.05) is 11.7 Å². The van der Waals surface area contributed by atoms with E-state index in [1.807, 2.05) is 76.2 Å². The van der Waals surface area contributed by atoms with Crippen molar-refractivity contribution in [3.05, 3.63) is 65.5 Å². The van der Waals surface area contributed by atoms with Gasteiger partial charge in [-0.15, -0.1) is 10.2 Å². The van der Waals surface area contributed by atoms with Crippen molar-refractivity contribution in [1.82, 2.24) is 10.2 Å². The molecule has 0 spiro atoms. The summed E-state index contributed by atoms with van der Waals surface area (Å²) in [6.07, 6.45) is 0. The van der Waals surface area contributed by atoms with Crippen LogP contribution in [0.15, 0.2) is 58.2 Å². The van der Waals surface area contributed by atoms with E-state index in [9.17, 15) is 4.79 Å². The van der Waals surface area contributed by atoms with Gasteiger partial charge in [0.2, 0.25) is 5.91 Å². The van der Waals surface area contributed by atoms with Gasteiger partial charge in [-0.25, -0.2) is 0 Å². The molecule has 3 aromatic rings. The number of para-hydroxylation sites is 1. The van der Waals surface area contributed by atoms with Crippen molar-refractivity contribution in [3.8, 4) is 5.75 Å². The second-order valence-corrected chi connectivity index (χ2v) is 7.93. The lowest BCUT2D eigenvalue weighted by Gasteiger charge is -2.26. The van der Waals surface area contributed by atoms with Gasteiger partial charge in [0.15, 0.2) is 6.61 Å². The van der Waals surface area contributed by atoms with E-state index in [0.29, 0.717) is 11.1 Å². The smallest absolute Gasteiger partial charge is 0.277 e. The van der Waals surface area contributed by atoms with Crippen molar-refractivity contribution >= 4 is 23.4 Å². The molecule has 0 atom stereocenters. The van der Waals surface area contributed by atoms with Crippen molar-refractivity contribution in [1.29, 1.82) is 0 Å². The fraction of sp³-hybridized carbons (Fsp3) is 0.318. The fourth-order valence-corrected chi connectivity index (χ4v) is 3.51. The Bertz CT molecular complexity index is 957. The van der Waals surface area contributed by atoms with Crippen LogP contribution in [0.2, 0.25) is 0 Å². The molecule has 2 aromatic carbocycles. The van der Waals surface area contributed by atoms with Gasteiger partial charge in [0.1, 0.15) is 5.75 Å². The quantitative estimate of drug-likeness (QED) is 0.496. The Labute approximate surface area is 175 Å². The number of carbonyl (C=O) groups excluding carboxylic acids is 1. The topological polar surface area (TPSA) is 68.5 Å². The number of nitrogens with zero attached hydrogens (tertiary/aromatic N) is 3. The summed E-state index contributed by atoms with van der Waals surface area (Å²) in [5, 5.41) is 8.38. The molecule has 0 saturated heterocycles. The number of rotatable bonds is 8. The first-order valence-electron chi connectivity index (χ1n) is 9.46. The Balaban J connectivity index is 1.57. The summed E-state index contributed by atoms with van der Waals surface area (Å²) in [5.74, 6) is 1.38. The van der Waals surface area contributed by atoms with Crippen LogP contribution in [-0.2, 0) is 11.4 Å². The van der Waals surface area contributed by atoms with E-state index in [0.717, 1.165) is 22.6 Å². The third-order valence-corrected chi connectivity index (χ3v) is 5.08. The minimum atomic E-state index is -0.0115. The number of carbonyl (C=O) groups is 1. The number of thioether (sulfide) groups is 1. The zero-order chi connectivity index (χ0) is 20.8. The van der Waals surface area contributed by atoms with Crippen LogP contribution >= 0.6 is 11.8 Å². The lowest BCUT2D eigenvalue weighted by atomic mass is 10.1. The molecule has 7 heteroatoms. The van der Waals surface area contributed by atoms with Crippen LogP contribution in [-0.4, -0.2) is 27.9 Å². The Hall–Kier alpha value is -2.80. The highest BCUT2D eigenvalue weighted by Crippen LogP contribution is 2.23. The monoisotopic (exact) mass is 411 g/mol. The minimum Gasteiger partial charge on any atom is -0.484 e. The van der Waals surface area contributed by atoms with E-state index in [-0.39, 0.29) is 24.3 Å². The molecule has 0 saturated carbocycles. The van der Waals surface area contributed by atoms with Crippen molar-refractivity contribution in [2.45, 2.75) is 45.6 Å². The highest BCUT2D eigenvalue weighted by Gasteiger charge is 2.20. The summed E-state index contributed by atoms with van der Waals surface area (Å²) >= 11 is 1.23. The van der Waals surface area contributed by atoms with Crippen LogP contribution in [0.1, 0.15) is 30.9 Å². The average Bonchev–Trinajstić information content (AvgIpc) is 3.16. The third-order valence-electron chi connectivity index (χ3n) is 4.28. The largest absolute Gasteiger partial charge is 0.484 e. The molecule has 3 rings (SSSR count). The van der Waals surface area contributed by atoms with Gasteiger partial charge in [-0.2, -0.15) is 0 Å². The summed E-state index contributed by atoms with van der Waals surface area (Å²) in [4.78, 5) is 14.5. The van der Waals surface area contributed by atoms with Crippen LogP contribution in [0.5, 0.6) is 5.75 Å². The summed E-state index contributed by atoms with van der Waals surface area (Å²) < 4.78 is 11.4. The van der Waals surface area contributed by atoms with E-state index >= 15 is 0 Å². The zero-order valence-electron chi connectivity index (χ0n) is 17.1. The number of hydrogen-bond donors (Lipinski definition) is 0. The summed E-state index contributed by atoms with van der Waals surface area (Å²) in [6.45, 7) is 8.17. The number of amides is 1. The van der Waals surface area contributed by atoms with Gasteiger partial charge < -0.3 is 14.1 Å². The Morgan fingerprint density at radius 2 is 1.90 bits per heavy atom. The number of benzene rings is 2. The molecule has 0 aliphatic rings. The van der Waals surface area contributed by atoms with Crippen LogP contribution in [0.4, 0.5) is 5.69 Å². The SMILES string of the molecule is Cc1ccc(C)c(OCc2nnc(SCC(=O)N(c3ccccc3)C(C)C)o2)c1. The van der Waals surface area contributed by atoms with Crippen molar-refractivity contribution in [2.75, 3.05) is 10.7 Å². The van der Waals surface area contributed by atoms with Gasteiger partial charge >= 0.3 is 0 Å². The van der Waals surface area contributed by atoms with Gasteiger partial charge in [0.25, 0.3) is 11.1 Å². The number of aromatic nitrogens is 2. The molecule has 0 bridgehead atoms. The highest BCUT2D eigenvalue weighted by atomic mass is 32.2. The van der Waals surface area contributed by atoms with Crippen molar-refractivity contribution in [3.63, 3.8) is 0 Å². The van der Waals surface area contributed by atoms with E-state index in [4.69, 9.17) is 9.15 Å². The second-order valence-electron chi connectivity index (χ2n) is 7.00. The van der Waals surface area contributed by atoms with Gasteiger partial charge in [-0.3, -0.25) is 4.79 Å². The van der Waals surface area contributed by atoms with Crippen molar-refractivity contribution in [2.24, 2.45) is 0 Å². The standard InChI is InChI=1S/C22H25N3O3S/c1-15(2)25(18-8-6-5-7-9-18)21(26)14-29-22-24-23-20(28-22)13-27-19-12-16(3)10-11-17(19)4/h5-12,15H,13-14H2,1-4H3. The van der Waals surface area contributed by atoms with E-state index < -0.39 is 0 Å². The predicted molar refractivity (Wildman–Crippen MR) is 114 cm³/mol. The molecular formula is C22H25N3O3S. The van der Waals surface area contributed by atoms with Crippen LogP contribution in [0, 0.1) is 13.8 Å². The van der Waals surface area contributed by atoms with Gasteiger partial charge in [0.05, 0.1) is 5.75 Å². The van der Waals surface area contributed by atoms with Gasteiger partial charge in [-0.1, -0.05) is 42.1 Å². The molecule has 152 valence electrons. The lowest BCUT2D eigenvalue weighted by Crippen LogP contribution is -2.38. The maximum atomic E-state index is 12.7. The van der Waals surface area contributed by atoms with E-state index in [2.05, 4.69) is 10.2 Å². The van der Waals surface area contributed by atoms with E-state index in [1.165, 1.54) is 11.8 Å². The molecule has 0 aliphatic carbocycles. The summed E-state index contributed by atoms with van der Waals surface area (Å²) in [6, 6.07) is 15.7. The molecule has 29 heavy (non-hydrogen) atoms. The molecule has 0 aliphatic heterocycles. The molecule has 6 nitrogen and oxygen atoms in total. The molecule has 0 fully saturated rings. The van der Waals surface area contributed by atoms with E-state index in [1.54, 1.807) is 4.90 Å². The fourth-order valence-electron chi connectivity index (χ4n) is 2.87. The molecule has 1 heterocycles. The number of hydrogen-bond acceptors (Lipinski definition) is 6. The molecular weight excluding hydrogens is 386 g/mol. The molecule has 1 aromatic heterocycles. The molecule has 0 unspecified atom stereocenters. The number of ether oxygens (including phenoxy) is 1. The second kappa shape index (κ2) is 9.60.